The predicted molar refractivity (Wildman–Crippen MR) is 133 cm³/mol. The van der Waals surface area contributed by atoms with Crippen LogP contribution in [0.5, 0.6) is 0 Å². The molecule has 0 aliphatic carbocycles. The Morgan fingerprint density at radius 2 is 1.24 bits per heavy atom. The molecule has 1 aliphatic rings. The summed E-state index contributed by atoms with van der Waals surface area (Å²) in [6.07, 6.45) is 10.0. The van der Waals surface area contributed by atoms with Crippen molar-refractivity contribution in [3.63, 3.8) is 0 Å². The van der Waals surface area contributed by atoms with Gasteiger partial charge >= 0.3 is 183 Å². The third kappa shape index (κ3) is 4.62. The van der Waals surface area contributed by atoms with Crippen LogP contribution < -0.4 is 10.6 Å². The van der Waals surface area contributed by atoms with Gasteiger partial charge in [-0.15, -0.1) is 0 Å². The van der Waals surface area contributed by atoms with Gasteiger partial charge in [-0.3, -0.25) is 0 Å². The first-order chi connectivity index (χ1) is 14.1. The molecule has 0 aromatic heterocycles. The van der Waals surface area contributed by atoms with Crippen molar-refractivity contribution in [3.05, 3.63) is 63.5 Å². The van der Waals surface area contributed by atoms with Crippen molar-refractivity contribution in [1.82, 2.24) is 0 Å². The molecule has 29 heavy (non-hydrogen) atoms. The molecule has 0 fully saturated rings. The Balaban J connectivity index is 2.20. The molecule has 3 heteroatoms. The summed E-state index contributed by atoms with van der Waals surface area (Å²) in [7, 11) is -2.71. The average Bonchev–Trinajstić information content (AvgIpc) is 3.09. The molecule has 3 rings (SSSR count). The van der Waals surface area contributed by atoms with Crippen LogP contribution in [-0.4, -0.2) is 18.4 Å². The van der Waals surface area contributed by atoms with Gasteiger partial charge in [-0.1, -0.05) is 0 Å². The molecule has 1 nitrogen and oxygen atoms in total. The van der Waals surface area contributed by atoms with E-state index in [-0.39, 0.29) is 0 Å². The zero-order valence-electron chi connectivity index (χ0n) is 18.5. The Hall–Kier alpha value is -0.791. The van der Waals surface area contributed by atoms with E-state index in [0.717, 1.165) is 10.6 Å². The van der Waals surface area contributed by atoms with Crippen molar-refractivity contribution < 1.29 is 4.57 Å². The third-order valence-corrected chi connectivity index (χ3v) is 30.1. The summed E-state index contributed by atoms with van der Waals surface area (Å²) in [5, 5.41) is 2.16. The summed E-state index contributed by atoms with van der Waals surface area (Å²) in [5.74, 6) is 0. The summed E-state index contributed by atoms with van der Waals surface area (Å²) >= 11 is -2.81. The zero-order chi connectivity index (χ0) is 20.7. The summed E-state index contributed by atoms with van der Waals surface area (Å²) in [6, 6.07) is 18.9. The number of rotatable bonds is 11. The Morgan fingerprint density at radius 3 is 1.79 bits per heavy atom. The summed E-state index contributed by atoms with van der Waals surface area (Å²) in [5.41, 5.74) is 1.22. The van der Waals surface area contributed by atoms with E-state index in [1.54, 1.807) is 0 Å². The minimum absolute atomic E-state index is 1.06. The van der Waals surface area contributed by atoms with Crippen molar-refractivity contribution in [2.24, 2.45) is 0 Å². The number of hydrogen-bond acceptors (Lipinski definition) is 1. The van der Waals surface area contributed by atoms with Crippen LogP contribution in [-0.2, 0) is 4.57 Å². The summed E-state index contributed by atoms with van der Waals surface area (Å²) < 4.78 is 20.6. The topological polar surface area (TPSA) is 17.1 Å². The number of fused-ring (bicyclic) bond motifs is 1. The second-order valence-corrected chi connectivity index (χ2v) is 25.7. The first kappa shape index (κ1) is 22.9. The molecule has 0 N–H and O–H groups in total. The van der Waals surface area contributed by atoms with Gasteiger partial charge in [-0.05, 0) is 0 Å². The van der Waals surface area contributed by atoms with E-state index < -0.39 is 25.5 Å². The zero-order valence-corrected chi connectivity index (χ0v) is 22.2. The van der Waals surface area contributed by atoms with E-state index in [0.29, 0.717) is 0 Å². The molecule has 0 radical (unpaired) electrons. The van der Waals surface area contributed by atoms with Crippen LogP contribution in [0.15, 0.2) is 57.9 Å². The van der Waals surface area contributed by atoms with Crippen LogP contribution in [0.4, 0.5) is 0 Å². The van der Waals surface area contributed by atoms with Crippen LogP contribution in [0.25, 0.3) is 6.08 Å². The second-order valence-electron chi connectivity index (χ2n) is 8.62. The van der Waals surface area contributed by atoms with Gasteiger partial charge in [-0.2, -0.15) is 0 Å². The first-order valence-corrected chi connectivity index (χ1v) is 20.8. The Bertz CT molecular complexity index is 850. The molecule has 1 atom stereocenters. The number of unbranched alkanes of at least 4 members (excludes halogenated alkanes) is 3. The molecule has 0 amide bonds. The molecule has 1 unspecified atom stereocenters. The van der Waals surface area contributed by atoms with Crippen LogP contribution in [0.3, 0.4) is 0 Å². The molecule has 156 valence electrons. The molecule has 2 aromatic rings. The second kappa shape index (κ2) is 10.5. The van der Waals surface area contributed by atoms with Gasteiger partial charge in [0.1, 0.15) is 0 Å². The Labute approximate surface area is 182 Å². The van der Waals surface area contributed by atoms with E-state index >= 15 is 4.57 Å². The van der Waals surface area contributed by atoms with E-state index in [2.05, 4.69) is 75.4 Å². The fraction of sp³-hybridized carbons (Fsp3) is 0.462. The standard InChI is InChI=1S/C14H10OP.3C4H9.Sn/c15-16(13-7-2-1-3-8-13)11-10-12-6-4-5-9-14(12)16;3*1-3-4-2;/h1-10H;3*1,3-4H2,2H3;. The third-order valence-electron chi connectivity index (χ3n) is 6.60. The monoisotopic (exact) mass is 516 g/mol. The van der Waals surface area contributed by atoms with E-state index in [4.69, 9.17) is 0 Å². The summed E-state index contributed by atoms with van der Waals surface area (Å²) in [6.45, 7) is 6.93. The normalized spacial score (nSPS) is 18.5. The fourth-order valence-electron chi connectivity index (χ4n) is 4.97. The van der Waals surface area contributed by atoms with Crippen molar-refractivity contribution in [1.29, 1.82) is 0 Å². The average molecular weight is 515 g/mol. The maximum atomic E-state index is 15.1. The van der Waals surface area contributed by atoms with E-state index in [1.165, 1.54) is 60.7 Å². The Morgan fingerprint density at radius 1 is 0.724 bits per heavy atom. The molecular weight excluding hydrogens is 478 g/mol. The molecule has 1 heterocycles. The molecule has 0 bridgehead atoms. The van der Waals surface area contributed by atoms with Gasteiger partial charge in [0.2, 0.25) is 0 Å². The van der Waals surface area contributed by atoms with Gasteiger partial charge < -0.3 is 0 Å². The fourth-order valence-corrected chi connectivity index (χ4v) is 32.7. The molecular formula is C26H37OPSn. The molecule has 0 saturated carbocycles. The van der Waals surface area contributed by atoms with Crippen LogP contribution in [0.1, 0.15) is 64.9 Å². The van der Waals surface area contributed by atoms with Crippen LogP contribution >= 0.6 is 7.14 Å². The van der Waals surface area contributed by atoms with Gasteiger partial charge in [0.15, 0.2) is 0 Å². The molecule has 1 aliphatic heterocycles. The van der Waals surface area contributed by atoms with Crippen LogP contribution in [0.2, 0.25) is 13.3 Å². The quantitative estimate of drug-likeness (QED) is 0.221. The van der Waals surface area contributed by atoms with E-state index in [1.807, 2.05) is 6.07 Å². The van der Waals surface area contributed by atoms with Gasteiger partial charge in [0, 0.05) is 0 Å². The van der Waals surface area contributed by atoms with Gasteiger partial charge in [0.05, 0.1) is 0 Å². The van der Waals surface area contributed by atoms with Crippen molar-refractivity contribution in [2.75, 3.05) is 0 Å². The van der Waals surface area contributed by atoms with Crippen molar-refractivity contribution >= 4 is 42.2 Å². The van der Waals surface area contributed by atoms with Crippen LogP contribution in [0, 0.1) is 0 Å². The SMILES string of the molecule is CCC[CH2][Sn]([CH2]CCC)([CH2]CCC)[C]1=Cc2ccccc2P1(=O)c1ccccc1. The minimum atomic E-state index is -2.81. The summed E-state index contributed by atoms with van der Waals surface area (Å²) in [4.78, 5) is 0. The molecule has 0 spiro atoms. The molecule has 2 aromatic carbocycles. The maximum absolute atomic E-state index is 15.1. The van der Waals surface area contributed by atoms with E-state index in [9.17, 15) is 0 Å². The van der Waals surface area contributed by atoms with Gasteiger partial charge in [0.25, 0.3) is 0 Å². The van der Waals surface area contributed by atoms with Crippen molar-refractivity contribution in [3.8, 4) is 0 Å². The van der Waals surface area contributed by atoms with Gasteiger partial charge in [-0.25, -0.2) is 0 Å². The van der Waals surface area contributed by atoms with Crippen molar-refractivity contribution in [2.45, 2.75) is 72.6 Å². The first-order valence-electron chi connectivity index (χ1n) is 11.6. The molecule has 0 saturated heterocycles. The number of hydrogen-bond donors (Lipinski definition) is 0. The Kier molecular flexibility index (Phi) is 8.28. The predicted octanol–water partition coefficient (Wildman–Crippen LogP) is 7.74. The number of benzene rings is 2.